The minimum absolute atomic E-state index is 0.114. The van der Waals surface area contributed by atoms with Gasteiger partial charge in [0.05, 0.1) is 5.66 Å². The number of nitrogens with two attached hydrogens (primary N) is 2. The lowest BCUT2D eigenvalue weighted by molar-refractivity contribution is 0.0198. The van der Waals surface area contributed by atoms with Crippen LogP contribution in [0.5, 0.6) is 0 Å². The number of hydrogen-bond donors (Lipinski definition) is 2. The first kappa shape index (κ1) is 17.9. The minimum atomic E-state index is -0.512. The fraction of sp³-hybridized carbons (Fsp3) is 1.00. The summed E-state index contributed by atoms with van der Waals surface area (Å²) in [4.78, 5) is 0. The van der Waals surface area contributed by atoms with E-state index in [2.05, 4.69) is 34.6 Å². The molecule has 0 heterocycles. The molecule has 1 atom stereocenters. The van der Waals surface area contributed by atoms with Gasteiger partial charge < -0.3 is 11.5 Å². The van der Waals surface area contributed by atoms with Crippen molar-refractivity contribution in [1.82, 2.24) is 0 Å². The maximum Gasteiger partial charge on any atom is 0.0696 e. The van der Waals surface area contributed by atoms with Gasteiger partial charge >= 0.3 is 0 Å². The van der Waals surface area contributed by atoms with Crippen LogP contribution in [0.3, 0.4) is 0 Å². The molecule has 0 saturated carbocycles. The third-order valence-electron chi connectivity index (χ3n) is 4.65. The van der Waals surface area contributed by atoms with E-state index in [1.165, 1.54) is 25.7 Å². The fourth-order valence-corrected chi connectivity index (χ4v) is 3.81. The third kappa shape index (κ3) is 3.96. The van der Waals surface area contributed by atoms with E-state index < -0.39 is 5.66 Å². The monoisotopic (exact) mass is 256 g/mol. The predicted molar refractivity (Wildman–Crippen MR) is 82.3 cm³/mol. The molecule has 0 aliphatic carbocycles. The van der Waals surface area contributed by atoms with Gasteiger partial charge in [0.25, 0.3) is 0 Å². The Morgan fingerprint density at radius 2 is 1.22 bits per heavy atom. The van der Waals surface area contributed by atoms with Crippen molar-refractivity contribution in [3.05, 3.63) is 0 Å². The summed E-state index contributed by atoms with van der Waals surface area (Å²) in [5.41, 5.74) is 12.8. The maximum atomic E-state index is 6.59. The molecule has 0 aromatic rings. The highest BCUT2D eigenvalue weighted by Gasteiger charge is 2.47. The molecule has 0 amide bonds. The van der Waals surface area contributed by atoms with Gasteiger partial charge in [0.1, 0.15) is 0 Å². The molecule has 0 radical (unpaired) electrons. The molecule has 0 aliphatic rings. The molecule has 2 heteroatoms. The van der Waals surface area contributed by atoms with Gasteiger partial charge in [-0.1, -0.05) is 66.7 Å². The summed E-state index contributed by atoms with van der Waals surface area (Å²) in [6.45, 7) is 11.3. The average molecular weight is 256 g/mol. The lowest BCUT2D eigenvalue weighted by Crippen LogP contribution is -2.64. The summed E-state index contributed by atoms with van der Waals surface area (Å²) in [7, 11) is 0. The lowest BCUT2D eigenvalue weighted by Gasteiger charge is -2.51. The van der Waals surface area contributed by atoms with E-state index >= 15 is 0 Å². The van der Waals surface area contributed by atoms with Gasteiger partial charge in [0.15, 0.2) is 0 Å². The fourth-order valence-electron chi connectivity index (χ4n) is 3.81. The van der Waals surface area contributed by atoms with E-state index in [-0.39, 0.29) is 5.41 Å². The SMILES string of the molecule is CCCC(C)C(CCC)(CCC)C(N)(N)CCC. The van der Waals surface area contributed by atoms with Crippen LogP contribution in [0, 0.1) is 11.3 Å². The molecule has 0 bridgehead atoms. The predicted octanol–water partition coefficient (Wildman–Crippen LogP) is 4.42. The van der Waals surface area contributed by atoms with Gasteiger partial charge in [0, 0.05) is 5.41 Å². The quantitative estimate of drug-likeness (QED) is 0.568. The Balaban J connectivity index is 5.30. The van der Waals surface area contributed by atoms with Crippen molar-refractivity contribution in [1.29, 1.82) is 0 Å². The van der Waals surface area contributed by atoms with E-state index in [9.17, 15) is 0 Å². The van der Waals surface area contributed by atoms with Crippen LogP contribution in [0.1, 0.15) is 86.0 Å². The molecule has 0 aliphatic heterocycles. The van der Waals surface area contributed by atoms with Crippen LogP contribution in [-0.4, -0.2) is 5.66 Å². The average Bonchev–Trinajstić information content (AvgIpc) is 2.28. The van der Waals surface area contributed by atoms with Crippen LogP contribution in [0.4, 0.5) is 0 Å². The van der Waals surface area contributed by atoms with Crippen LogP contribution in [0.2, 0.25) is 0 Å². The largest absolute Gasteiger partial charge is 0.313 e. The first-order valence-electron chi connectivity index (χ1n) is 7.99. The van der Waals surface area contributed by atoms with Crippen LogP contribution in [0.25, 0.3) is 0 Å². The summed E-state index contributed by atoms with van der Waals surface area (Å²) >= 11 is 0. The summed E-state index contributed by atoms with van der Waals surface area (Å²) < 4.78 is 0. The zero-order chi connectivity index (χ0) is 14.2. The summed E-state index contributed by atoms with van der Waals surface area (Å²) in [5.74, 6) is 0.615. The molecule has 0 rings (SSSR count). The van der Waals surface area contributed by atoms with Crippen molar-refractivity contribution < 1.29 is 0 Å². The van der Waals surface area contributed by atoms with Crippen molar-refractivity contribution in [3.63, 3.8) is 0 Å². The number of hydrogen-bond acceptors (Lipinski definition) is 2. The van der Waals surface area contributed by atoms with Gasteiger partial charge in [-0.15, -0.1) is 0 Å². The van der Waals surface area contributed by atoms with E-state index in [0.717, 1.165) is 25.7 Å². The Hall–Kier alpha value is -0.0800. The summed E-state index contributed by atoms with van der Waals surface area (Å²) in [5, 5.41) is 0. The van der Waals surface area contributed by atoms with E-state index in [1.54, 1.807) is 0 Å². The molecule has 2 nitrogen and oxygen atoms in total. The molecule has 0 fully saturated rings. The van der Waals surface area contributed by atoms with Crippen molar-refractivity contribution >= 4 is 0 Å². The van der Waals surface area contributed by atoms with Crippen molar-refractivity contribution in [2.75, 3.05) is 0 Å². The van der Waals surface area contributed by atoms with Crippen molar-refractivity contribution in [2.45, 2.75) is 91.6 Å². The minimum Gasteiger partial charge on any atom is -0.313 e. The highest BCUT2D eigenvalue weighted by atomic mass is 15.0. The highest BCUT2D eigenvalue weighted by Crippen LogP contribution is 2.47. The second kappa shape index (κ2) is 8.16. The first-order valence-corrected chi connectivity index (χ1v) is 7.99. The molecule has 18 heavy (non-hydrogen) atoms. The van der Waals surface area contributed by atoms with Crippen LogP contribution in [0.15, 0.2) is 0 Å². The van der Waals surface area contributed by atoms with E-state index in [1.807, 2.05) is 0 Å². The van der Waals surface area contributed by atoms with Gasteiger partial charge in [-0.05, 0) is 25.2 Å². The van der Waals surface area contributed by atoms with Crippen molar-refractivity contribution in [3.8, 4) is 0 Å². The lowest BCUT2D eigenvalue weighted by atomic mass is 9.60. The third-order valence-corrected chi connectivity index (χ3v) is 4.65. The molecule has 0 saturated heterocycles. The zero-order valence-electron chi connectivity index (χ0n) is 13.4. The molecule has 1 unspecified atom stereocenters. The molecule has 0 aromatic carbocycles. The highest BCUT2D eigenvalue weighted by molar-refractivity contribution is 5.00. The van der Waals surface area contributed by atoms with E-state index in [0.29, 0.717) is 5.92 Å². The summed E-state index contributed by atoms with van der Waals surface area (Å²) in [6, 6.07) is 0. The van der Waals surface area contributed by atoms with Crippen LogP contribution >= 0.6 is 0 Å². The Morgan fingerprint density at radius 1 is 0.778 bits per heavy atom. The topological polar surface area (TPSA) is 52.0 Å². The Morgan fingerprint density at radius 3 is 1.56 bits per heavy atom. The Kier molecular flexibility index (Phi) is 8.13. The smallest absolute Gasteiger partial charge is 0.0696 e. The van der Waals surface area contributed by atoms with Gasteiger partial charge in [-0.3, -0.25) is 0 Å². The second-order valence-electron chi connectivity index (χ2n) is 6.14. The zero-order valence-corrected chi connectivity index (χ0v) is 13.4. The van der Waals surface area contributed by atoms with Gasteiger partial charge in [0.2, 0.25) is 0 Å². The summed E-state index contributed by atoms with van der Waals surface area (Å²) in [6.07, 6.45) is 9.13. The van der Waals surface area contributed by atoms with Gasteiger partial charge in [-0.25, -0.2) is 0 Å². The Bertz CT molecular complexity index is 205. The normalized spacial score (nSPS) is 14.8. The standard InChI is InChI=1S/C16H36N2/c1-6-10-14(5)15(11-7-2,12-8-3)16(17,18)13-9-4/h14H,6-13,17-18H2,1-5H3. The molecule has 0 aromatic heterocycles. The van der Waals surface area contributed by atoms with Crippen LogP contribution < -0.4 is 11.5 Å². The molecule has 4 N–H and O–H groups in total. The second-order valence-corrected chi connectivity index (χ2v) is 6.14. The number of rotatable bonds is 10. The maximum absolute atomic E-state index is 6.59. The molecular formula is C16H36N2. The van der Waals surface area contributed by atoms with Gasteiger partial charge in [-0.2, -0.15) is 0 Å². The Labute approximate surface area is 115 Å². The molecule has 110 valence electrons. The molecule has 0 spiro atoms. The van der Waals surface area contributed by atoms with Crippen LogP contribution in [-0.2, 0) is 0 Å². The van der Waals surface area contributed by atoms with Crippen molar-refractivity contribution in [2.24, 2.45) is 22.8 Å². The van der Waals surface area contributed by atoms with E-state index in [4.69, 9.17) is 11.5 Å². The first-order chi connectivity index (χ1) is 8.41. The molecular weight excluding hydrogens is 220 g/mol.